The molecule has 1 atom stereocenters. The van der Waals surface area contributed by atoms with Crippen molar-refractivity contribution in [3.63, 3.8) is 0 Å². The molecule has 1 saturated heterocycles. The number of H-pyrrole nitrogens is 1. The summed E-state index contributed by atoms with van der Waals surface area (Å²) in [5.41, 5.74) is 1.47. The number of nitrogens with one attached hydrogen (secondary N) is 2. The number of aryl methyl sites for hydroxylation is 1. The minimum Gasteiger partial charge on any atom is -0.349 e. The van der Waals surface area contributed by atoms with Crippen molar-refractivity contribution in [2.45, 2.75) is 33.2 Å². The van der Waals surface area contributed by atoms with Crippen molar-refractivity contribution in [2.75, 3.05) is 39.8 Å². The van der Waals surface area contributed by atoms with Gasteiger partial charge in [-0.2, -0.15) is 5.10 Å². The zero-order chi connectivity index (χ0) is 16.1. The normalized spacial score (nSPS) is 18.6. The number of amides is 1. The van der Waals surface area contributed by atoms with Gasteiger partial charge in [-0.15, -0.1) is 0 Å². The molecule has 22 heavy (non-hydrogen) atoms. The van der Waals surface area contributed by atoms with Crippen molar-refractivity contribution in [3.05, 3.63) is 17.5 Å². The van der Waals surface area contributed by atoms with E-state index in [1.807, 2.05) is 13.0 Å². The van der Waals surface area contributed by atoms with Crippen LogP contribution in [0, 0.1) is 5.92 Å². The summed E-state index contributed by atoms with van der Waals surface area (Å²) in [4.78, 5) is 17.1. The molecule has 1 aliphatic heterocycles. The molecule has 0 saturated carbocycles. The quantitative estimate of drug-likeness (QED) is 0.822. The van der Waals surface area contributed by atoms with Crippen LogP contribution in [0.2, 0.25) is 0 Å². The topological polar surface area (TPSA) is 64.3 Å². The summed E-state index contributed by atoms with van der Waals surface area (Å²) >= 11 is 0. The van der Waals surface area contributed by atoms with Gasteiger partial charge in [0.25, 0.3) is 5.91 Å². The molecule has 1 fully saturated rings. The van der Waals surface area contributed by atoms with Crippen LogP contribution in [0.3, 0.4) is 0 Å². The predicted octanol–water partition coefficient (Wildman–Crippen LogP) is 0.974. The van der Waals surface area contributed by atoms with E-state index in [2.05, 4.69) is 46.2 Å². The van der Waals surface area contributed by atoms with Gasteiger partial charge < -0.3 is 10.2 Å². The number of aromatic amines is 1. The van der Waals surface area contributed by atoms with Crippen molar-refractivity contribution in [1.29, 1.82) is 0 Å². The minimum absolute atomic E-state index is 0.0873. The highest BCUT2D eigenvalue weighted by Crippen LogP contribution is 2.13. The van der Waals surface area contributed by atoms with Crippen molar-refractivity contribution in [2.24, 2.45) is 5.92 Å². The average Bonchev–Trinajstić information content (AvgIpc) is 2.98. The van der Waals surface area contributed by atoms with Gasteiger partial charge in [0, 0.05) is 44.5 Å². The van der Waals surface area contributed by atoms with Gasteiger partial charge in [-0.25, -0.2) is 0 Å². The van der Waals surface area contributed by atoms with Crippen molar-refractivity contribution < 1.29 is 4.79 Å². The second kappa shape index (κ2) is 7.74. The standard InChI is InChI=1S/C16H29N5O/c1-5-13-10-14(19-18-13)16(22)17-11-15(12(2)3)21-8-6-20(4)7-9-21/h10,12,15H,5-9,11H2,1-4H3,(H,17,22)(H,18,19). The number of piperazine rings is 1. The van der Waals surface area contributed by atoms with E-state index in [1.54, 1.807) is 0 Å². The first kappa shape index (κ1) is 17.0. The van der Waals surface area contributed by atoms with Gasteiger partial charge in [0.05, 0.1) is 0 Å². The summed E-state index contributed by atoms with van der Waals surface area (Å²) in [5, 5.41) is 10.0. The lowest BCUT2D eigenvalue weighted by atomic mass is 10.0. The Morgan fingerprint density at radius 2 is 2.05 bits per heavy atom. The number of aromatic nitrogens is 2. The Labute approximate surface area is 133 Å². The maximum atomic E-state index is 12.2. The molecule has 2 heterocycles. The molecule has 0 radical (unpaired) electrons. The Bertz CT molecular complexity index is 477. The van der Waals surface area contributed by atoms with E-state index in [0.29, 0.717) is 24.2 Å². The predicted molar refractivity (Wildman–Crippen MR) is 88.0 cm³/mol. The zero-order valence-corrected chi connectivity index (χ0v) is 14.2. The van der Waals surface area contributed by atoms with Crippen LogP contribution >= 0.6 is 0 Å². The lowest BCUT2D eigenvalue weighted by molar-refractivity contribution is 0.0788. The number of likely N-dealkylation sites (N-methyl/N-ethyl adjacent to an activating group) is 1. The molecular formula is C16H29N5O. The lowest BCUT2D eigenvalue weighted by Gasteiger charge is -2.39. The first-order valence-corrected chi connectivity index (χ1v) is 8.26. The largest absolute Gasteiger partial charge is 0.349 e. The maximum Gasteiger partial charge on any atom is 0.271 e. The Morgan fingerprint density at radius 1 is 1.36 bits per heavy atom. The zero-order valence-electron chi connectivity index (χ0n) is 14.2. The fourth-order valence-electron chi connectivity index (χ4n) is 2.89. The highest BCUT2D eigenvalue weighted by Gasteiger charge is 2.25. The Kier molecular flexibility index (Phi) is 5.97. The van der Waals surface area contributed by atoms with E-state index in [9.17, 15) is 4.79 Å². The SMILES string of the molecule is CCc1cc(C(=O)NCC(C(C)C)N2CCN(C)CC2)n[nH]1. The molecule has 2 rings (SSSR count). The summed E-state index contributed by atoms with van der Waals surface area (Å²) in [7, 11) is 2.16. The first-order valence-electron chi connectivity index (χ1n) is 8.26. The number of hydrogen-bond donors (Lipinski definition) is 2. The molecule has 6 heteroatoms. The molecule has 124 valence electrons. The number of hydrogen-bond acceptors (Lipinski definition) is 4. The van der Waals surface area contributed by atoms with E-state index in [1.165, 1.54) is 0 Å². The monoisotopic (exact) mass is 307 g/mol. The van der Waals surface area contributed by atoms with E-state index in [0.717, 1.165) is 38.3 Å². The second-order valence-corrected chi connectivity index (χ2v) is 6.49. The lowest BCUT2D eigenvalue weighted by Crippen LogP contribution is -2.54. The Balaban J connectivity index is 1.89. The van der Waals surface area contributed by atoms with Crippen LogP contribution < -0.4 is 5.32 Å². The molecule has 1 aliphatic rings. The van der Waals surface area contributed by atoms with Crippen molar-refractivity contribution >= 4 is 5.91 Å². The van der Waals surface area contributed by atoms with Gasteiger partial charge in [0.15, 0.2) is 0 Å². The van der Waals surface area contributed by atoms with Crippen LogP contribution in [-0.2, 0) is 6.42 Å². The molecule has 0 aromatic carbocycles. The van der Waals surface area contributed by atoms with Crippen LogP contribution in [0.15, 0.2) is 6.07 Å². The molecule has 1 unspecified atom stereocenters. The van der Waals surface area contributed by atoms with E-state index >= 15 is 0 Å². The third-order valence-electron chi connectivity index (χ3n) is 4.49. The summed E-state index contributed by atoms with van der Waals surface area (Å²) in [5.74, 6) is 0.421. The molecule has 1 aromatic rings. The fourth-order valence-corrected chi connectivity index (χ4v) is 2.89. The number of carbonyl (C=O) groups excluding carboxylic acids is 1. The smallest absolute Gasteiger partial charge is 0.271 e. The summed E-state index contributed by atoms with van der Waals surface area (Å²) in [6, 6.07) is 2.21. The van der Waals surface area contributed by atoms with Gasteiger partial charge >= 0.3 is 0 Å². The van der Waals surface area contributed by atoms with Crippen molar-refractivity contribution in [3.8, 4) is 0 Å². The molecular weight excluding hydrogens is 278 g/mol. The minimum atomic E-state index is -0.0873. The molecule has 0 aliphatic carbocycles. The Morgan fingerprint density at radius 3 is 2.59 bits per heavy atom. The van der Waals surface area contributed by atoms with Gasteiger partial charge in [0.1, 0.15) is 5.69 Å². The number of nitrogens with zero attached hydrogens (tertiary/aromatic N) is 3. The van der Waals surface area contributed by atoms with Crippen LogP contribution in [-0.4, -0.2) is 71.7 Å². The van der Waals surface area contributed by atoms with Gasteiger partial charge in [-0.1, -0.05) is 20.8 Å². The van der Waals surface area contributed by atoms with Gasteiger partial charge in [-0.05, 0) is 25.5 Å². The van der Waals surface area contributed by atoms with Crippen molar-refractivity contribution in [1.82, 2.24) is 25.3 Å². The van der Waals surface area contributed by atoms with Gasteiger partial charge in [-0.3, -0.25) is 14.8 Å². The number of carbonyl (C=O) groups is 1. The van der Waals surface area contributed by atoms with Crippen LogP contribution in [0.5, 0.6) is 0 Å². The van der Waals surface area contributed by atoms with Crippen LogP contribution in [0.25, 0.3) is 0 Å². The highest BCUT2D eigenvalue weighted by atomic mass is 16.1. The summed E-state index contributed by atoms with van der Waals surface area (Å²) in [6.45, 7) is 11.5. The highest BCUT2D eigenvalue weighted by molar-refractivity contribution is 5.92. The third-order valence-corrected chi connectivity index (χ3v) is 4.49. The van der Waals surface area contributed by atoms with E-state index < -0.39 is 0 Å². The Hall–Kier alpha value is -1.40. The molecule has 6 nitrogen and oxygen atoms in total. The summed E-state index contributed by atoms with van der Waals surface area (Å²) in [6.07, 6.45) is 0.857. The average molecular weight is 307 g/mol. The van der Waals surface area contributed by atoms with Crippen LogP contribution in [0.4, 0.5) is 0 Å². The maximum absolute atomic E-state index is 12.2. The van der Waals surface area contributed by atoms with E-state index in [4.69, 9.17) is 0 Å². The molecule has 0 spiro atoms. The number of rotatable bonds is 6. The van der Waals surface area contributed by atoms with Crippen LogP contribution in [0.1, 0.15) is 37.0 Å². The molecule has 2 N–H and O–H groups in total. The third kappa shape index (κ3) is 4.30. The van der Waals surface area contributed by atoms with E-state index in [-0.39, 0.29) is 5.91 Å². The second-order valence-electron chi connectivity index (χ2n) is 6.49. The molecule has 0 bridgehead atoms. The summed E-state index contributed by atoms with van der Waals surface area (Å²) < 4.78 is 0. The van der Waals surface area contributed by atoms with Gasteiger partial charge in [0.2, 0.25) is 0 Å². The molecule has 1 aromatic heterocycles. The molecule has 1 amide bonds. The first-order chi connectivity index (χ1) is 10.5. The fraction of sp³-hybridized carbons (Fsp3) is 0.750.